The Balaban J connectivity index is 1.98. The topological polar surface area (TPSA) is 47.9 Å². The predicted molar refractivity (Wildman–Crippen MR) is 97.8 cm³/mol. The highest BCUT2D eigenvalue weighted by Crippen LogP contribution is 2.35. The maximum absolute atomic E-state index is 12.0. The fraction of sp³-hybridized carbons (Fsp3) is 0.0526. The minimum absolute atomic E-state index is 0.0526. The summed E-state index contributed by atoms with van der Waals surface area (Å²) in [7, 11) is 0. The van der Waals surface area contributed by atoms with Gasteiger partial charge in [0.25, 0.3) is 0 Å². The number of carbonyl (C=O) groups is 1. The van der Waals surface area contributed by atoms with E-state index < -0.39 is 5.97 Å². The van der Waals surface area contributed by atoms with Gasteiger partial charge in [0.1, 0.15) is 12.3 Å². The van der Waals surface area contributed by atoms with Gasteiger partial charge >= 0.3 is 5.97 Å². The lowest BCUT2D eigenvalue weighted by Gasteiger charge is -2.09. The molecule has 0 unspecified atom stereocenters. The fourth-order valence-electron chi connectivity index (χ4n) is 2.29. The molecule has 1 heterocycles. The van der Waals surface area contributed by atoms with E-state index in [4.69, 9.17) is 39.2 Å². The van der Waals surface area contributed by atoms with Gasteiger partial charge in [0, 0.05) is 5.56 Å². The lowest BCUT2D eigenvalue weighted by molar-refractivity contribution is -0.136. The Morgan fingerprint density at radius 2 is 1.88 bits per heavy atom. The number of hydrogen-bond acceptors (Lipinski definition) is 4. The summed E-state index contributed by atoms with van der Waals surface area (Å²) in [5.74, 6) is 2.10. The Morgan fingerprint density at radius 1 is 1.20 bits per heavy atom. The van der Waals surface area contributed by atoms with E-state index >= 15 is 0 Å². The standard InChI is InChI=1S/C19H11Cl2NO3/c1-2-8-24-18-15(20)10-12(11-16(18)21)9-14-17(22-25-19(14)23)13-6-4-3-5-7-13/h1,3-7,9-11H,8H2/b14-9-. The number of rotatable bonds is 4. The van der Waals surface area contributed by atoms with Gasteiger partial charge in [-0.2, -0.15) is 0 Å². The first-order valence-corrected chi connectivity index (χ1v) is 7.98. The number of halogens is 2. The summed E-state index contributed by atoms with van der Waals surface area (Å²) >= 11 is 12.4. The van der Waals surface area contributed by atoms with Gasteiger partial charge in [-0.15, -0.1) is 6.42 Å². The average Bonchev–Trinajstić information content (AvgIpc) is 2.96. The van der Waals surface area contributed by atoms with Crippen LogP contribution in [0, 0.1) is 12.3 Å². The maximum atomic E-state index is 12.0. The quantitative estimate of drug-likeness (QED) is 0.456. The molecule has 1 aliphatic rings. The lowest BCUT2D eigenvalue weighted by Crippen LogP contribution is -2.06. The minimum atomic E-state index is -0.543. The van der Waals surface area contributed by atoms with Crippen molar-refractivity contribution in [1.29, 1.82) is 0 Å². The zero-order chi connectivity index (χ0) is 17.8. The fourth-order valence-corrected chi connectivity index (χ4v) is 2.91. The third kappa shape index (κ3) is 3.69. The molecule has 0 saturated heterocycles. The summed E-state index contributed by atoms with van der Waals surface area (Å²) in [6.45, 7) is 0.0526. The summed E-state index contributed by atoms with van der Waals surface area (Å²) in [6.07, 6.45) is 6.78. The number of benzene rings is 2. The van der Waals surface area contributed by atoms with Crippen LogP contribution in [0.15, 0.2) is 53.2 Å². The Morgan fingerprint density at radius 3 is 2.52 bits per heavy atom. The molecule has 2 aromatic carbocycles. The van der Waals surface area contributed by atoms with Gasteiger partial charge < -0.3 is 9.57 Å². The van der Waals surface area contributed by atoms with Crippen molar-refractivity contribution in [2.75, 3.05) is 6.61 Å². The predicted octanol–water partition coefficient (Wildman–Crippen LogP) is 4.35. The van der Waals surface area contributed by atoms with Crippen molar-refractivity contribution in [3.05, 3.63) is 69.2 Å². The number of nitrogens with zero attached hydrogens (tertiary/aromatic N) is 1. The Bertz CT molecular complexity index is 904. The molecule has 124 valence electrons. The van der Waals surface area contributed by atoms with Gasteiger partial charge in [0.15, 0.2) is 5.75 Å². The van der Waals surface area contributed by atoms with E-state index in [2.05, 4.69) is 11.1 Å². The molecule has 4 nitrogen and oxygen atoms in total. The molecule has 25 heavy (non-hydrogen) atoms. The van der Waals surface area contributed by atoms with E-state index in [1.54, 1.807) is 18.2 Å². The number of ether oxygens (including phenoxy) is 1. The van der Waals surface area contributed by atoms with Crippen molar-refractivity contribution < 1.29 is 14.4 Å². The van der Waals surface area contributed by atoms with Gasteiger partial charge in [-0.1, -0.05) is 64.6 Å². The molecule has 6 heteroatoms. The molecule has 0 aromatic heterocycles. The molecular weight excluding hydrogens is 361 g/mol. The largest absolute Gasteiger partial charge is 0.478 e. The molecule has 0 amide bonds. The van der Waals surface area contributed by atoms with Crippen LogP contribution < -0.4 is 4.74 Å². The number of hydrogen-bond donors (Lipinski definition) is 0. The molecule has 3 rings (SSSR count). The molecule has 0 spiro atoms. The lowest BCUT2D eigenvalue weighted by atomic mass is 10.0. The van der Waals surface area contributed by atoms with E-state index in [0.29, 0.717) is 32.6 Å². The molecule has 1 aliphatic heterocycles. The van der Waals surface area contributed by atoms with Crippen LogP contribution in [-0.2, 0) is 9.63 Å². The highest BCUT2D eigenvalue weighted by molar-refractivity contribution is 6.37. The smallest absolute Gasteiger partial charge is 0.368 e. The van der Waals surface area contributed by atoms with Crippen LogP contribution in [-0.4, -0.2) is 18.3 Å². The summed E-state index contributed by atoms with van der Waals surface area (Å²) in [6, 6.07) is 12.5. The van der Waals surface area contributed by atoms with Crippen LogP contribution in [0.25, 0.3) is 6.08 Å². The zero-order valence-corrected chi connectivity index (χ0v) is 14.3. The average molecular weight is 372 g/mol. The highest BCUT2D eigenvalue weighted by Gasteiger charge is 2.26. The van der Waals surface area contributed by atoms with Gasteiger partial charge in [-0.25, -0.2) is 4.79 Å². The van der Waals surface area contributed by atoms with Gasteiger partial charge in [-0.3, -0.25) is 0 Å². The van der Waals surface area contributed by atoms with Crippen LogP contribution in [0.4, 0.5) is 0 Å². The molecular formula is C19H11Cl2NO3. The van der Waals surface area contributed by atoms with Gasteiger partial charge in [-0.05, 0) is 23.8 Å². The molecule has 0 fully saturated rings. The van der Waals surface area contributed by atoms with Crippen molar-refractivity contribution >= 4 is 41.0 Å². The van der Waals surface area contributed by atoms with Crippen molar-refractivity contribution in [3.63, 3.8) is 0 Å². The number of oxime groups is 1. The molecule has 0 atom stereocenters. The van der Waals surface area contributed by atoms with E-state index in [1.807, 2.05) is 30.3 Å². The summed E-state index contributed by atoms with van der Waals surface area (Å²) in [5, 5.41) is 4.44. The van der Waals surface area contributed by atoms with Crippen LogP contribution in [0.1, 0.15) is 11.1 Å². The Kier molecular flexibility index (Phi) is 5.08. The van der Waals surface area contributed by atoms with Crippen molar-refractivity contribution in [3.8, 4) is 18.1 Å². The SMILES string of the molecule is C#CCOc1c(Cl)cc(/C=C2\C(=O)ON=C2c2ccccc2)cc1Cl. The normalized spacial score (nSPS) is 14.8. The maximum Gasteiger partial charge on any atom is 0.368 e. The first-order chi connectivity index (χ1) is 12.1. The van der Waals surface area contributed by atoms with Crippen molar-refractivity contribution in [2.24, 2.45) is 5.16 Å². The summed E-state index contributed by atoms with van der Waals surface area (Å²) in [4.78, 5) is 16.8. The number of carbonyl (C=O) groups excluding carboxylic acids is 1. The monoisotopic (exact) mass is 371 g/mol. The molecule has 0 bridgehead atoms. The third-order valence-electron chi connectivity index (χ3n) is 3.37. The van der Waals surface area contributed by atoms with Crippen molar-refractivity contribution in [1.82, 2.24) is 0 Å². The molecule has 0 aliphatic carbocycles. The first kappa shape index (κ1) is 17.1. The third-order valence-corrected chi connectivity index (χ3v) is 3.94. The first-order valence-electron chi connectivity index (χ1n) is 7.22. The van der Waals surface area contributed by atoms with Gasteiger partial charge in [0.2, 0.25) is 0 Å². The van der Waals surface area contributed by atoms with Gasteiger partial charge in [0.05, 0.1) is 15.6 Å². The summed E-state index contributed by atoms with van der Waals surface area (Å²) in [5.41, 5.74) is 2.15. The highest BCUT2D eigenvalue weighted by atomic mass is 35.5. The van der Waals surface area contributed by atoms with Crippen LogP contribution in [0.3, 0.4) is 0 Å². The van der Waals surface area contributed by atoms with Crippen LogP contribution in [0.5, 0.6) is 5.75 Å². The number of terminal acetylenes is 1. The molecule has 0 saturated carbocycles. The van der Waals surface area contributed by atoms with E-state index in [-0.39, 0.29) is 6.61 Å². The second-order valence-corrected chi connectivity index (χ2v) is 5.86. The van der Waals surface area contributed by atoms with E-state index in [0.717, 1.165) is 5.56 Å². The van der Waals surface area contributed by atoms with E-state index in [9.17, 15) is 4.79 Å². The Labute approximate surface area is 154 Å². The van der Waals surface area contributed by atoms with Crippen LogP contribution >= 0.6 is 23.2 Å². The molecule has 0 radical (unpaired) electrons. The van der Waals surface area contributed by atoms with Crippen molar-refractivity contribution in [2.45, 2.75) is 0 Å². The molecule has 2 aromatic rings. The minimum Gasteiger partial charge on any atom is -0.478 e. The molecule has 0 N–H and O–H groups in total. The van der Waals surface area contributed by atoms with Crippen LogP contribution in [0.2, 0.25) is 10.0 Å². The second-order valence-electron chi connectivity index (χ2n) is 5.05. The summed E-state index contributed by atoms with van der Waals surface area (Å²) < 4.78 is 5.32. The Hall–Kier alpha value is -2.74. The van der Waals surface area contributed by atoms with E-state index in [1.165, 1.54) is 0 Å². The second kappa shape index (κ2) is 7.43. The zero-order valence-electron chi connectivity index (χ0n) is 12.8.